The second kappa shape index (κ2) is 6.92. The normalized spacial score (nSPS) is 24.5. The molecule has 2 fully saturated rings. The van der Waals surface area contributed by atoms with Crippen molar-refractivity contribution in [3.05, 3.63) is 18.6 Å². The highest BCUT2D eigenvalue weighted by Gasteiger charge is 2.38. The fraction of sp³-hybridized carbons (Fsp3) is 0.647. The highest BCUT2D eigenvalue weighted by molar-refractivity contribution is 8.00. The van der Waals surface area contributed by atoms with Crippen molar-refractivity contribution in [3.8, 4) is 0 Å². The van der Waals surface area contributed by atoms with Crippen LogP contribution in [0.4, 0.5) is 19.0 Å². The van der Waals surface area contributed by atoms with Gasteiger partial charge in [-0.05, 0) is 30.6 Å². The van der Waals surface area contributed by atoms with Gasteiger partial charge in [-0.2, -0.15) is 24.9 Å². The highest BCUT2D eigenvalue weighted by atomic mass is 32.2. The lowest BCUT2D eigenvalue weighted by atomic mass is 9.81. The Kier molecular flexibility index (Phi) is 4.77. The summed E-state index contributed by atoms with van der Waals surface area (Å²) in [4.78, 5) is 15.5. The van der Waals surface area contributed by atoms with E-state index >= 15 is 0 Å². The molecule has 0 amide bonds. The minimum Gasteiger partial charge on any atom is -0.356 e. The molecule has 2 aromatic rings. The van der Waals surface area contributed by atoms with Crippen LogP contribution in [0.3, 0.4) is 0 Å². The number of hydrogen-bond acceptors (Lipinski definition) is 5. The van der Waals surface area contributed by atoms with Gasteiger partial charge in [-0.3, -0.25) is 4.90 Å². The molecule has 2 aromatic heterocycles. The third kappa shape index (κ3) is 3.78. The van der Waals surface area contributed by atoms with Crippen LogP contribution in [0.15, 0.2) is 18.6 Å². The minimum atomic E-state index is -4.08. The lowest BCUT2D eigenvalue weighted by molar-refractivity contribution is -0.152. The Labute approximate surface area is 154 Å². The monoisotopic (exact) mass is 385 g/mol. The van der Waals surface area contributed by atoms with Crippen LogP contribution in [0, 0.1) is 5.92 Å². The third-order valence-electron chi connectivity index (χ3n) is 5.32. The van der Waals surface area contributed by atoms with Gasteiger partial charge in [0.15, 0.2) is 0 Å². The molecule has 1 aliphatic carbocycles. The Hall–Kier alpha value is -1.48. The molecular weight excluding hydrogens is 363 g/mol. The summed E-state index contributed by atoms with van der Waals surface area (Å²) in [5, 5.41) is 1.39. The van der Waals surface area contributed by atoms with Crippen molar-refractivity contribution in [2.45, 2.75) is 30.3 Å². The molecule has 2 aliphatic rings. The number of anilines is 1. The Morgan fingerprint density at radius 2 is 2.08 bits per heavy atom. The van der Waals surface area contributed by atoms with Gasteiger partial charge in [0.05, 0.1) is 11.9 Å². The molecule has 1 N–H and O–H groups in total. The maximum Gasteiger partial charge on any atom is 0.401 e. The molecule has 9 heteroatoms. The van der Waals surface area contributed by atoms with Crippen molar-refractivity contribution in [3.63, 3.8) is 0 Å². The van der Waals surface area contributed by atoms with Gasteiger partial charge in [0, 0.05) is 37.6 Å². The molecule has 0 spiro atoms. The van der Waals surface area contributed by atoms with E-state index in [9.17, 15) is 13.2 Å². The summed E-state index contributed by atoms with van der Waals surface area (Å²) >= 11 is 1.83. The quantitative estimate of drug-likeness (QED) is 0.828. The van der Waals surface area contributed by atoms with Crippen molar-refractivity contribution in [2.75, 3.05) is 37.3 Å². The van der Waals surface area contributed by atoms with Crippen LogP contribution in [0.25, 0.3) is 11.0 Å². The average Bonchev–Trinajstić information content (AvgIpc) is 2.97. The van der Waals surface area contributed by atoms with Crippen molar-refractivity contribution >= 4 is 28.6 Å². The van der Waals surface area contributed by atoms with Gasteiger partial charge in [0.1, 0.15) is 17.8 Å². The highest BCUT2D eigenvalue weighted by Crippen LogP contribution is 2.38. The summed E-state index contributed by atoms with van der Waals surface area (Å²) in [5.41, 5.74) is 0.849. The summed E-state index contributed by atoms with van der Waals surface area (Å²) in [6.45, 7) is 0.353. The molecule has 0 aromatic carbocycles. The second-order valence-electron chi connectivity index (χ2n) is 7.30. The van der Waals surface area contributed by atoms with Gasteiger partial charge < -0.3 is 9.88 Å². The number of aromatic amines is 1. The van der Waals surface area contributed by atoms with Crippen molar-refractivity contribution < 1.29 is 13.2 Å². The molecule has 142 valence electrons. The molecule has 0 radical (unpaired) electrons. The summed E-state index contributed by atoms with van der Waals surface area (Å²) in [7, 11) is 2.07. The Morgan fingerprint density at radius 1 is 1.31 bits per heavy atom. The van der Waals surface area contributed by atoms with E-state index in [2.05, 4.69) is 26.9 Å². The first-order valence-corrected chi connectivity index (χ1v) is 9.85. The summed E-state index contributed by atoms with van der Waals surface area (Å²) < 4.78 is 36.9. The van der Waals surface area contributed by atoms with E-state index in [1.165, 1.54) is 4.90 Å². The van der Waals surface area contributed by atoms with Crippen molar-refractivity contribution in [1.82, 2.24) is 19.9 Å². The number of rotatable bonds is 6. The van der Waals surface area contributed by atoms with Crippen LogP contribution in [0.5, 0.6) is 0 Å². The number of nitrogens with one attached hydrogen (secondary N) is 1. The number of fused-ring (bicyclic) bond motifs is 1. The first-order valence-electron chi connectivity index (χ1n) is 8.80. The van der Waals surface area contributed by atoms with Gasteiger partial charge >= 0.3 is 6.18 Å². The lowest BCUT2D eigenvalue weighted by Crippen LogP contribution is -2.53. The number of hydrogen-bond donors (Lipinski definition) is 1. The zero-order valence-corrected chi connectivity index (χ0v) is 15.4. The number of alkyl halides is 3. The van der Waals surface area contributed by atoms with Gasteiger partial charge in [0.25, 0.3) is 0 Å². The number of likely N-dealkylation sites (tertiary alicyclic amines) is 1. The number of aromatic nitrogens is 3. The zero-order chi connectivity index (χ0) is 18.3. The van der Waals surface area contributed by atoms with Crippen LogP contribution in [0.2, 0.25) is 0 Å². The first-order chi connectivity index (χ1) is 12.4. The van der Waals surface area contributed by atoms with E-state index in [-0.39, 0.29) is 0 Å². The molecule has 0 bridgehead atoms. The molecule has 0 unspecified atom stereocenters. The van der Waals surface area contributed by atoms with Gasteiger partial charge in [-0.25, -0.2) is 9.97 Å². The number of H-pyrrole nitrogens is 1. The Balaban J connectivity index is 1.20. The first kappa shape index (κ1) is 17.9. The topological polar surface area (TPSA) is 48.1 Å². The van der Waals surface area contributed by atoms with E-state index in [1.807, 2.05) is 24.0 Å². The van der Waals surface area contributed by atoms with Crippen molar-refractivity contribution in [2.24, 2.45) is 5.92 Å². The fourth-order valence-electron chi connectivity index (χ4n) is 3.75. The number of nitrogens with zero attached hydrogens (tertiary/aromatic N) is 4. The molecule has 4 rings (SSSR count). The van der Waals surface area contributed by atoms with Crippen LogP contribution < -0.4 is 4.90 Å². The Bertz CT molecular complexity index is 752. The standard InChI is InChI=1S/C17H22F3N5S/c1-24(16-14-2-3-21-15(14)22-10-23-16)12-4-11(5-12)8-26-13-6-25(7-13)9-17(18,19)20/h2-3,10-13H,4-9H2,1H3,(H,21,22,23)/t11-,12+. The number of halogens is 3. The van der Waals surface area contributed by atoms with E-state index in [4.69, 9.17) is 0 Å². The molecule has 1 aliphatic heterocycles. The van der Waals surface area contributed by atoms with Gasteiger partial charge in [0.2, 0.25) is 0 Å². The van der Waals surface area contributed by atoms with Crippen LogP contribution >= 0.6 is 11.8 Å². The molecule has 1 saturated heterocycles. The summed E-state index contributed by atoms with van der Waals surface area (Å²) in [6.07, 6.45) is 1.60. The molecule has 3 heterocycles. The maximum absolute atomic E-state index is 12.3. The van der Waals surface area contributed by atoms with E-state index in [0.717, 1.165) is 35.4 Å². The Morgan fingerprint density at radius 3 is 2.81 bits per heavy atom. The smallest absolute Gasteiger partial charge is 0.356 e. The number of thioether (sulfide) groups is 1. The predicted octanol–water partition coefficient (Wildman–Crippen LogP) is 3.15. The third-order valence-corrected chi connectivity index (χ3v) is 6.75. The van der Waals surface area contributed by atoms with E-state index in [1.54, 1.807) is 6.33 Å². The minimum absolute atomic E-state index is 0.357. The molecular formula is C17H22F3N5S. The van der Waals surface area contributed by atoms with Crippen LogP contribution in [-0.4, -0.2) is 69.8 Å². The molecule has 0 atom stereocenters. The second-order valence-corrected chi connectivity index (χ2v) is 8.64. The van der Waals surface area contributed by atoms with Crippen LogP contribution in [0.1, 0.15) is 12.8 Å². The largest absolute Gasteiger partial charge is 0.401 e. The van der Waals surface area contributed by atoms with E-state index < -0.39 is 12.7 Å². The zero-order valence-electron chi connectivity index (χ0n) is 14.5. The average molecular weight is 385 g/mol. The van der Waals surface area contributed by atoms with E-state index in [0.29, 0.717) is 30.3 Å². The lowest BCUT2D eigenvalue weighted by Gasteiger charge is -2.44. The SMILES string of the molecule is CN(c1ncnc2[nH]ccc12)[C@H]1C[C@@H](CSC2CN(CC(F)(F)F)C2)C1. The molecule has 26 heavy (non-hydrogen) atoms. The van der Waals surface area contributed by atoms with Gasteiger partial charge in [-0.15, -0.1) is 0 Å². The molecule has 1 saturated carbocycles. The molecule has 5 nitrogen and oxygen atoms in total. The fourth-order valence-corrected chi connectivity index (χ4v) is 5.20. The summed E-state index contributed by atoms with van der Waals surface area (Å²) in [6, 6.07) is 2.47. The summed E-state index contributed by atoms with van der Waals surface area (Å²) in [5.74, 6) is 2.64. The van der Waals surface area contributed by atoms with Gasteiger partial charge in [-0.1, -0.05) is 0 Å². The predicted molar refractivity (Wildman–Crippen MR) is 97.5 cm³/mol. The van der Waals surface area contributed by atoms with Crippen LogP contribution in [-0.2, 0) is 0 Å². The maximum atomic E-state index is 12.3. The van der Waals surface area contributed by atoms with Crippen molar-refractivity contribution in [1.29, 1.82) is 0 Å².